The largest absolute Gasteiger partial charge is 0.458 e. The van der Waals surface area contributed by atoms with Crippen LogP contribution in [0.2, 0.25) is 0 Å². The average Bonchev–Trinajstić information content (AvgIpc) is 3.13. The van der Waals surface area contributed by atoms with Gasteiger partial charge >= 0.3 is 5.97 Å². The van der Waals surface area contributed by atoms with Crippen molar-refractivity contribution in [2.45, 2.75) is 74.7 Å². The van der Waals surface area contributed by atoms with Crippen LogP contribution in [-0.4, -0.2) is 86.6 Å². The minimum atomic E-state index is -1.55. The van der Waals surface area contributed by atoms with Gasteiger partial charge in [-0.3, -0.25) is 0 Å². The van der Waals surface area contributed by atoms with Crippen LogP contribution in [0.3, 0.4) is 0 Å². The molecule has 4 rings (SSSR count). The molecule has 0 radical (unpaired) electrons. The van der Waals surface area contributed by atoms with E-state index >= 15 is 0 Å². The summed E-state index contributed by atoms with van der Waals surface area (Å²) in [4.78, 5) is 12.1. The number of aliphatic hydroxyl groups excluding tert-OH is 4. The normalized spacial score (nSPS) is 51.3. The quantitative estimate of drug-likeness (QED) is 0.218. The van der Waals surface area contributed by atoms with Gasteiger partial charge in [-0.25, -0.2) is 4.79 Å². The summed E-state index contributed by atoms with van der Waals surface area (Å²) < 4.78 is 17.0. The lowest BCUT2D eigenvalue weighted by molar-refractivity contribution is -0.308. The van der Waals surface area contributed by atoms with Crippen LogP contribution < -0.4 is 0 Å². The molecule has 0 aromatic heterocycles. The van der Waals surface area contributed by atoms with Gasteiger partial charge in [-0.15, -0.1) is 0 Å². The highest BCUT2D eigenvalue weighted by Gasteiger charge is 2.58. The lowest BCUT2D eigenvalue weighted by Gasteiger charge is -2.40. The molecule has 2 heterocycles. The van der Waals surface area contributed by atoms with Crippen molar-refractivity contribution in [3.8, 4) is 0 Å². The van der Waals surface area contributed by atoms with E-state index in [1.54, 1.807) is 6.92 Å². The zero-order valence-electron chi connectivity index (χ0n) is 16.9. The maximum Gasteiger partial charge on any atom is 0.334 e. The number of fused-ring (bicyclic) bond motifs is 3. The molecule has 0 aromatic carbocycles. The summed E-state index contributed by atoms with van der Waals surface area (Å²) in [6.07, 6.45) is -6.66. The van der Waals surface area contributed by atoms with Gasteiger partial charge in [0.2, 0.25) is 0 Å². The molecule has 0 aromatic rings. The highest BCUT2D eigenvalue weighted by Crippen LogP contribution is 2.54. The Morgan fingerprint density at radius 2 is 1.90 bits per heavy atom. The third kappa shape index (κ3) is 3.33. The molecule has 2 aliphatic heterocycles. The summed E-state index contributed by atoms with van der Waals surface area (Å²) in [6, 6.07) is 0. The summed E-state index contributed by atoms with van der Waals surface area (Å²) in [5.41, 5.74) is -0.0304. The number of esters is 1. The summed E-state index contributed by atoms with van der Waals surface area (Å²) in [6.45, 7) is 9.20. The van der Waals surface area contributed by atoms with Gasteiger partial charge in [0.15, 0.2) is 6.29 Å². The molecule has 9 heteroatoms. The maximum atomic E-state index is 12.1. The Balaban J connectivity index is 1.57. The Morgan fingerprint density at radius 1 is 1.20 bits per heavy atom. The van der Waals surface area contributed by atoms with Crippen molar-refractivity contribution in [3.05, 3.63) is 24.3 Å². The molecule has 2 saturated heterocycles. The van der Waals surface area contributed by atoms with E-state index in [-0.39, 0.29) is 17.8 Å². The van der Waals surface area contributed by atoms with E-state index in [1.807, 2.05) is 0 Å². The second-order valence-electron chi connectivity index (χ2n) is 9.16. The number of hydrogen-bond acceptors (Lipinski definition) is 9. The predicted octanol–water partition coefficient (Wildman–Crippen LogP) is -0.994. The van der Waals surface area contributed by atoms with Gasteiger partial charge in [-0.2, -0.15) is 0 Å². The second-order valence-corrected chi connectivity index (χ2v) is 9.16. The minimum absolute atomic E-state index is 0.207. The number of carbonyl (C=O) groups excluding carboxylic acids is 1. The van der Waals surface area contributed by atoms with Gasteiger partial charge in [0.25, 0.3) is 0 Å². The lowest BCUT2D eigenvalue weighted by Crippen LogP contribution is -2.59. The van der Waals surface area contributed by atoms with Gasteiger partial charge < -0.3 is 39.7 Å². The van der Waals surface area contributed by atoms with E-state index in [4.69, 9.17) is 14.2 Å². The Kier molecular flexibility index (Phi) is 5.59. The van der Waals surface area contributed by atoms with Crippen molar-refractivity contribution in [1.82, 2.24) is 0 Å². The SMILES string of the molecule is C=C1[C@@H]2[C@H]3OC(=O)C(=C)[C@@H]3CC[C@@](C)(O)[C@@H]2C[C@@H]1O[C@H]1O[C@H](CO)[C@@H](O)[C@H](O)[C@H]1O. The monoisotopic (exact) mass is 426 g/mol. The summed E-state index contributed by atoms with van der Waals surface area (Å²) in [5.74, 6) is -1.29. The predicted molar refractivity (Wildman–Crippen MR) is 102 cm³/mol. The highest BCUT2D eigenvalue weighted by molar-refractivity contribution is 5.91. The minimum Gasteiger partial charge on any atom is -0.458 e. The maximum absolute atomic E-state index is 12.1. The standard InChI is InChI=1S/C21H30O9/c1-8-10-4-5-21(3,27)11-6-12(9(2)14(11)18(10)30-19(8)26)28-20-17(25)16(24)15(23)13(7-22)29-20/h10-18,20,22-25,27H,1-2,4-7H2,3H3/t10-,11+,12-,13+,14-,15+,16-,17+,18-,20-,21+/m0/s1. The van der Waals surface area contributed by atoms with Crippen LogP contribution in [-0.2, 0) is 19.0 Å². The molecular weight excluding hydrogens is 396 g/mol. The molecule has 2 saturated carbocycles. The molecule has 9 nitrogen and oxygen atoms in total. The van der Waals surface area contributed by atoms with Crippen LogP contribution in [0, 0.1) is 17.8 Å². The van der Waals surface area contributed by atoms with Gasteiger partial charge in [0, 0.05) is 23.3 Å². The molecular formula is C21H30O9. The molecule has 0 unspecified atom stereocenters. The fourth-order valence-corrected chi connectivity index (χ4v) is 5.49. The number of ether oxygens (including phenoxy) is 3. The number of carbonyl (C=O) groups is 1. The summed E-state index contributed by atoms with van der Waals surface area (Å²) in [5, 5.41) is 50.8. The lowest BCUT2D eigenvalue weighted by atomic mass is 9.78. The first-order chi connectivity index (χ1) is 14.1. The Labute approximate surface area is 174 Å². The van der Waals surface area contributed by atoms with E-state index in [0.29, 0.717) is 30.4 Å². The molecule has 2 aliphatic carbocycles. The smallest absolute Gasteiger partial charge is 0.334 e. The van der Waals surface area contributed by atoms with Crippen LogP contribution >= 0.6 is 0 Å². The van der Waals surface area contributed by atoms with Crippen molar-refractivity contribution in [2.24, 2.45) is 17.8 Å². The molecule has 5 N–H and O–H groups in total. The molecule has 168 valence electrons. The van der Waals surface area contributed by atoms with E-state index < -0.39 is 61.1 Å². The van der Waals surface area contributed by atoms with Crippen LogP contribution in [0.25, 0.3) is 0 Å². The number of aliphatic hydroxyl groups is 5. The fraction of sp³-hybridized carbons (Fsp3) is 0.762. The van der Waals surface area contributed by atoms with Gasteiger partial charge in [-0.1, -0.05) is 13.2 Å². The van der Waals surface area contributed by atoms with E-state index in [2.05, 4.69) is 13.2 Å². The topological polar surface area (TPSA) is 146 Å². The van der Waals surface area contributed by atoms with Gasteiger partial charge in [0.1, 0.15) is 30.5 Å². The van der Waals surface area contributed by atoms with Crippen molar-refractivity contribution in [2.75, 3.05) is 6.61 Å². The fourth-order valence-electron chi connectivity index (χ4n) is 5.49. The molecule has 4 fully saturated rings. The zero-order chi connectivity index (χ0) is 22.0. The Hall–Kier alpha value is -1.33. The summed E-state index contributed by atoms with van der Waals surface area (Å²) in [7, 11) is 0. The van der Waals surface area contributed by atoms with Crippen LogP contribution in [0.1, 0.15) is 26.2 Å². The third-order valence-corrected chi connectivity index (χ3v) is 7.35. The van der Waals surface area contributed by atoms with E-state index in [9.17, 15) is 30.3 Å². The number of hydrogen-bond donors (Lipinski definition) is 5. The van der Waals surface area contributed by atoms with Crippen LogP contribution in [0.15, 0.2) is 24.3 Å². The first-order valence-electron chi connectivity index (χ1n) is 10.3. The van der Waals surface area contributed by atoms with Gasteiger partial charge in [-0.05, 0) is 31.8 Å². The van der Waals surface area contributed by atoms with E-state index in [1.165, 1.54) is 0 Å². The highest BCUT2D eigenvalue weighted by atomic mass is 16.7. The first kappa shape index (κ1) is 21.9. The van der Waals surface area contributed by atoms with Crippen molar-refractivity contribution in [1.29, 1.82) is 0 Å². The van der Waals surface area contributed by atoms with Crippen LogP contribution in [0.4, 0.5) is 0 Å². The molecule has 0 amide bonds. The van der Waals surface area contributed by atoms with E-state index in [0.717, 1.165) is 0 Å². The van der Waals surface area contributed by atoms with Gasteiger partial charge in [0.05, 0.1) is 18.3 Å². The molecule has 0 bridgehead atoms. The summed E-state index contributed by atoms with van der Waals surface area (Å²) >= 11 is 0. The molecule has 0 spiro atoms. The van der Waals surface area contributed by atoms with Crippen molar-refractivity contribution >= 4 is 5.97 Å². The molecule has 4 aliphatic rings. The van der Waals surface area contributed by atoms with Crippen LogP contribution in [0.5, 0.6) is 0 Å². The Bertz CT molecular complexity index is 732. The molecule has 11 atom stereocenters. The third-order valence-electron chi connectivity index (χ3n) is 7.35. The van der Waals surface area contributed by atoms with Crippen molar-refractivity contribution in [3.63, 3.8) is 0 Å². The number of rotatable bonds is 3. The van der Waals surface area contributed by atoms with Crippen molar-refractivity contribution < 1.29 is 44.5 Å². The second kappa shape index (κ2) is 7.67. The Morgan fingerprint density at radius 3 is 2.57 bits per heavy atom. The zero-order valence-corrected chi connectivity index (χ0v) is 16.9. The average molecular weight is 426 g/mol. The first-order valence-corrected chi connectivity index (χ1v) is 10.3. The molecule has 30 heavy (non-hydrogen) atoms.